The van der Waals surface area contributed by atoms with Crippen molar-refractivity contribution in [2.75, 3.05) is 26.7 Å². The van der Waals surface area contributed by atoms with Gasteiger partial charge in [0.15, 0.2) is 5.96 Å². The number of hydrogen-bond acceptors (Lipinski definition) is 5. The van der Waals surface area contributed by atoms with Crippen LogP contribution in [0.4, 0.5) is 0 Å². The van der Waals surface area contributed by atoms with Crippen molar-refractivity contribution in [3.63, 3.8) is 0 Å². The lowest BCUT2D eigenvalue weighted by Crippen LogP contribution is -2.40. The number of nitrogens with one attached hydrogen (secondary N) is 2. The van der Waals surface area contributed by atoms with Crippen LogP contribution < -0.4 is 15.4 Å². The summed E-state index contributed by atoms with van der Waals surface area (Å²) in [5, 5.41) is 14.4. The summed E-state index contributed by atoms with van der Waals surface area (Å²) in [6.07, 6.45) is 6.03. The molecular weight excluding hydrogens is 421 g/mol. The SMILES string of the molecule is CCc1nncn1CCNC(=NC)NCCOc1cccnc1.I. The van der Waals surface area contributed by atoms with Crippen molar-refractivity contribution in [2.24, 2.45) is 4.99 Å². The van der Waals surface area contributed by atoms with E-state index in [-0.39, 0.29) is 24.0 Å². The van der Waals surface area contributed by atoms with Crippen LogP contribution in [0.1, 0.15) is 12.7 Å². The molecule has 0 saturated carbocycles. The average Bonchev–Trinajstić information content (AvgIpc) is 3.05. The van der Waals surface area contributed by atoms with Crippen LogP contribution in [0, 0.1) is 0 Å². The molecule has 2 aromatic heterocycles. The van der Waals surface area contributed by atoms with Crippen LogP contribution >= 0.6 is 24.0 Å². The maximum Gasteiger partial charge on any atom is 0.191 e. The Hall–Kier alpha value is -1.91. The molecular formula is C15H24IN7O. The minimum atomic E-state index is 0. The van der Waals surface area contributed by atoms with Gasteiger partial charge >= 0.3 is 0 Å². The Morgan fingerprint density at radius 2 is 2.17 bits per heavy atom. The predicted molar refractivity (Wildman–Crippen MR) is 104 cm³/mol. The molecule has 2 N–H and O–H groups in total. The highest BCUT2D eigenvalue weighted by atomic mass is 127. The van der Waals surface area contributed by atoms with Crippen molar-refractivity contribution in [3.8, 4) is 5.75 Å². The first-order valence-corrected chi connectivity index (χ1v) is 7.67. The smallest absolute Gasteiger partial charge is 0.191 e. The highest BCUT2D eigenvalue weighted by molar-refractivity contribution is 14.0. The second-order valence-electron chi connectivity index (χ2n) is 4.76. The van der Waals surface area contributed by atoms with Gasteiger partial charge in [0, 0.05) is 32.8 Å². The number of aromatic nitrogens is 4. The number of ether oxygens (including phenoxy) is 1. The van der Waals surface area contributed by atoms with E-state index in [0.717, 1.165) is 37.0 Å². The van der Waals surface area contributed by atoms with Crippen LogP contribution in [-0.2, 0) is 13.0 Å². The van der Waals surface area contributed by atoms with Gasteiger partial charge in [-0.3, -0.25) is 9.98 Å². The maximum absolute atomic E-state index is 5.57. The molecule has 0 amide bonds. The summed E-state index contributed by atoms with van der Waals surface area (Å²) in [5.41, 5.74) is 0. The summed E-state index contributed by atoms with van der Waals surface area (Å²) in [6, 6.07) is 3.73. The molecule has 0 bridgehead atoms. The fourth-order valence-corrected chi connectivity index (χ4v) is 2.03. The largest absolute Gasteiger partial charge is 0.490 e. The molecule has 132 valence electrons. The van der Waals surface area contributed by atoms with Crippen LogP contribution in [0.3, 0.4) is 0 Å². The highest BCUT2D eigenvalue weighted by Gasteiger charge is 2.02. The van der Waals surface area contributed by atoms with Crippen LogP contribution in [0.5, 0.6) is 5.75 Å². The van der Waals surface area contributed by atoms with E-state index in [1.807, 2.05) is 16.7 Å². The fraction of sp³-hybridized carbons (Fsp3) is 0.467. The van der Waals surface area contributed by atoms with E-state index < -0.39 is 0 Å². The normalized spacial score (nSPS) is 10.8. The van der Waals surface area contributed by atoms with Gasteiger partial charge in [-0.1, -0.05) is 6.92 Å². The number of aryl methyl sites for hydroxylation is 1. The molecule has 0 radical (unpaired) electrons. The van der Waals surface area contributed by atoms with Gasteiger partial charge in [0.05, 0.1) is 12.7 Å². The lowest BCUT2D eigenvalue weighted by atomic mass is 10.4. The molecule has 9 heteroatoms. The third-order valence-electron chi connectivity index (χ3n) is 3.18. The Morgan fingerprint density at radius 3 is 2.88 bits per heavy atom. The van der Waals surface area contributed by atoms with Crippen LogP contribution in [0.25, 0.3) is 0 Å². The third-order valence-corrected chi connectivity index (χ3v) is 3.18. The van der Waals surface area contributed by atoms with Gasteiger partial charge < -0.3 is 19.9 Å². The number of rotatable bonds is 8. The number of guanidine groups is 1. The molecule has 0 aliphatic carbocycles. The van der Waals surface area contributed by atoms with Gasteiger partial charge in [0.1, 0.15) is 24.5 Å². The Kier molecular flexibility index (Phi) is 9.73. The van der Waals surface area contributed by atoms with Gasteiger partial charge in [-0.2, -0.15) is 0 Å². The molecule has 0 aliphatic rings. The van der Waals surface area contributed by atoms with Crippen molar-refractivity contribution in [2.45, 2.75) is 19.9 Å². The molecule has 0 fully saturated rings. The number of pyridine rings is 1. The average molecular weight is 445 g/mol. The van der Waals surface area contributed by atoms with Gasteiger partial charge in [-0.25, -0.2) is 0 Å². The highest BCUT2D eigenvalue weighted by Crippen LogP contribution is 2.04. The van der Waals surface area contributed by atoms with Crippen molar-refractivity contribution < 1.29 is 4.74 Å². The zero-order chi connectivity index (χ0) is 16.3. The lowest BCUT2D eigenvalue weighted by molar-refractivity contribution is 0.320. The number of halogens is 1. The second kappa shape index (κ2) is 11.6. The molecule has 0 spiro atoms. The van der Waals surface area contributed by atoms with E-state index in [1.54, 1.807) is 25.8 Å². The Labute approximate surface area is 159 Å². The zero-order valence-corrected chi connectivity index (χ0v) is 16.3. The minimum Gasteiger partial charge on any atom is -0.490 e. The van der Waals surface area contributed by atoms with Gasteiger partial charge in [0.25, 0.3) is 0 Å². The van der Waals surface area contributed by atoms with E-state index in [0.29, 0.717) is 13.2 Å². The summed E-state index contributed by atoms with van der Waals surface area (Å²) in [6.45, 7) is 4.80. The van der Waals surface area contributed by atoms with Crippen molar-refractivity contribution in [1.82, 2.24) is 30.4 Å². The quantitative estimate of drug-likeness (QED) is 0.274. The second-order valence-corrected chi connectivity index (χ2v) is 4.76. The molecule has 0 aromatic carbocycles. The van der Waals surface area contributed by atoms with E-state index in [2.05, 4.69) is 37.7 Å². The predicted octanol–water partition coefficient (Wildman–Crippen LogP) is 1.10. The summed E-state index contributed by atoms with van der Waals surface area (Å²) >= 11 is 0. The molecule has 24 heavy (non-hydrogen) atoms. The molecule has 0 aliphatic heterocycles. The molecule has 8 nitrogen and oxygen atoms in total. The molecule has 2 heterocycles. The fourth-order valence-electron chi connectivity index (χ4n) is 2.03. The molecule has 2 aromatic rings. The number of nitrogens with zero attached hydrogens (tertiary/aromatic N) is 5. The third kappa shape index (κ3) is 6.69. The van der Waals surface area contributed by atoms with Crippen LogP contribution in [0.2, 0.25) is 0 Å². The van der Waals surface area contributed by atoms with Crippen molar-refractivity contribution in [3.05, 3.63) is 36.7 Å². The van der Waals surface area contributed by atoms with Gasteiger partial charge in [0.2, 0.25) is 0 Å². The van der Waals surface area contributed by atoms with Crippen molar-refractivity contribution in [1.29, 1.82) is 0 Å². The van der Waals surface area contributed by atoms with E-state index in [1.165, 1.54) is 0 Å². The lowest BCUT2D eigenvalue weighted by Gasteiger charge is -2.13. The Bertz CT molecular complexity index is 603. The zero-order valence-electron chi connectivity index (χ0n) is 14.0. The first-order valence-electron chi connectivity index (χ1n) is 7.67. The number of hydrogen-bond donors (Lipinski definition) is 2. The first kappa shape index (κ1) is 20.1. The van der Waals surface area contributed by atoms with Crippen LogP contribution in [-0.4, -0.2) is 52.5 Å². The van der Waals surface area contributed by atoms with Gasteiger partial charge in [-0.05, 0) is 12.1 Å². The standard InChI is InChI=1S/C15H23N7O.HI/c1-3-14-21-20-12-22(14)9-7-18-15(16-2)19-8-10-23-13-5-4-6-17-11-13;/h4-6,11-12H,3,7-10H2,1-2H3,(H2,16,18,19);1H. The van der Waals surface area contributed by atoms with Crippen LogP contribution in [0.15, 0.2) is 35.8 Å². The molecule has 2 rings (SSSR count). The first-order chi connectivity index (χ1) is 11.3. The monoisotopic (exact) mass is 445 g/mol. The summed E-state index contributed by atoms with van der Waals surface area (Å²) in [4.78, 5) is 8.18. The van der Waals surface area contributed by atoms with E-state index in [9.17, 15) is 0 Å². The topological polar surface area (TPSA) is 89.2 Å². The Morgan fingerprint density at radius 1 is 1.33 bits per heavy atom. The maximum atomic E-state index is 5.57. The summed E-state index contributed by atoms with van der Waals surface area (Å²) in [7, 11) is 1.74. The summed E-state index contributed by atoms with van der Waals surface area (Å²) < 4.78 is 7.60. The molecule has 0 atom stereocenters. The van der Waals surface area contributed by atoms with E-state index >= 15 is 0 Å². The van der Waals surface area contributed by atoms with E-state index in [4.69, 9.17) is 4.74 Å². The number of aliphatic imine (C=N–C) groups is 1. The summed E-state index contributed by atoms with van der Waals surface area (Å²) in [5.74, 6) is 2.49. The van der Waals surface area contributed by atoms with Gasteiger partial charge in [-0.15, -0.1) is 34.2 Å². The Balaban J connectivity index is 0.00000288. The minimum absolute atomic E-state index is 0. The van der Waals surface area contributed by atoms with Crippen molar-refractivity contribution >= 4 is 29.9 Å². The molecule has 0 unspecified atom stereocenters. The molecule has 0 saturated heterocycles.